The van der Waals surface area contributed by atoms with Crippen LogP contribution in [0.25, 0.3) is 11.2 Å². The molecule has 3 aromatic rings. The molecule has 0 spiro atoms. The molecule has 1 aromatic carbocycles. The van der Waals surface area contributed by atoms with Crippen LogP contribution in [0.4, 0.5) is 0 Å². The fourth-order valence-electron chi connectivity index (χ4n) is 2.18. The van der Waals surface area contributed by atoms with Crippen LogP contribution in [0, 0.1) is 6.92 Å². The molecule has 0 aliphatic rings. The predicted molar refractivity (Wildman–Crippen MR) is 77.4 cm³/mol. The molecule has 0 saturated carbocycles. The molecule has 3 nitrogen and oxygen atoms in total. The van der Waals surface area contributed by atoms with E-state index in [1.807, 2.05) is 37.3 Å². The van der Waals surface area contributed by atoms with E-state index in [-0.39, 0.29) is 0 Å². The van der Waals surface area contributed by atoms with Gasteiger partial charge in [0.05, 0.1) is 12.4 Å². The molecule has 4 heteroatoms. The number of aromatic nitrogens is 3. The molecule has 0 atom stereocenters. The lowest BCUT2D eigenvalue weighted by Gasteiger charge is -2.07. The van der Waals surface area contributed by atoms with Crippen LogP contribution in [0.2, 0.25) is 0 Å². The number of imidazole rings is 1. The lowest BCUT2D eigenvalue weighted by Crippen LogP contribution is -2.04. The van der Waals surface area contributed by atoms with E-state index in [0.717, 1.165) is 29.2 Å². The molecule has 0 aliphatic carbocycles. The molecule has 19 heavy (non-hydrogen) atoms. The van der Waals surface area contributed by atoms with Crippen molar-refractivity contribution in [2.75, 3.05) is 0 Å². The molecule has 96 valence electrons. The molecule has 2 aromatic heterocycles. The van der Waals surface area contributed by atoms with E-state index in [9.17, 15) is 0 Å². The molecular formula is C15H14ClN3. The molecule has 0 bridgehead atoms. The second-order valence-corrected chi connectivity index (χ2v) is 4.80. The third kappa shape index (κ3) is 2.34. The summed E-state index contributed by atoms with van der Waals surface area (Å²) >= 11 is 6.00. The molecule has 0 N–H and O–H groups in total. The number of nitrogens with zero attached hydrogens (tertiary/aromatic N) is 3. The monoisotopic (exact) mass is 271 g/mol. The molecule has 0 fully saturated rings. The van der Waals surface area contributed by atoms with Crippen molar-refractivity contribution < 1.29 is 0 Å². The average molecular weight is 272 g/mol. The maximum atomic E-state index is 6.00. The van der Waals surface area contributed by atoms with Crippen molar-refractivity contribution in [2.24, 2.45) is 0 Å². The Labute approximate surface area is 116 Å². The van der Waals surface area contributed by atoms with Gasteiger partial charge in [0.1, 0.15) is 11.3 Å². The highest BCUT2D eigenvalue weighted by molar-refractivity contribution is 6.16. The van der Waals surface area contributed by atoms with E-state index in [2.05, 4.69) is 26.7 Å². The van der Waals surface area contributed by atoms with Crippen LogP contribution in [0.1, 0.15) is 17.1 Å². The Morgan fingerprint density at radius 2 is 1.84 bits per heavy atom. The summed E-state index contributed by atoms with van der Waals surface area (Å²) in [5.74, 6) is 1.25. The van der Waals surface area contributed by atoms with Crippen LogP contribution in [0.3, 0.4) is 0 Å². The minimum absolute atomic E-state index is 0.391. The normalized spacial score (nSPS) is 11.1. The van der Waals surface area contributed by atoms with E-state index in [0.29, 0.717) is 5.88 Å². The van der Waals surface area contributed by atoms with Gasteiger partial charge in [0.25, 0.3) is 0 Å². The number of benzene rings is 1. The quantitative estimate of drug-likeness (QED) is 0.683. The first-order valence-corrected chi connectivity index (χ1v) is 6.74. The molecule has 0 saturated heterocycles. The van der Waals surface area contributed by atoms with Crippen molar-refractivity contribution in [2.45, 2.75) is 19.3 Å². The van der Waals surface area contributed by atoms with Gasteiger partial charge in [-0.3, -0.25) is 0 Å². The number of aryl methyl sites for hydroxylation is 1. The Bertz CT molecular complexity index is 704. The van der Waals surface area contributed by atoms with Crippen molar-refractivity contribution >= 4 is 22.8 Å². The Kier molecular flexibility index (Phi) is 3.22. The molecular weight excluding hydrogens is 258 g/mol. The number of rotatable bonds is 3. The second kappa shape index (κ2) is 5.02. The maximum absolute atomic E-state index is 6.00. The smallest absolute Gasteiger partial charge is 0.160 e. The van der Waals surface area contributed by atoms with Gasteiger partial charge in [-0.05, 0) is 24.6 Å². The van der Waals surface area contributed by atoms with Crippen molar-refractivity contribution in [1.82, 2.24) is 14.5 Å². The minimum Gasteiger partial charge on any atom is -0.307 e. The third-order valence-electron chi connectivity index (χ3n) is 3.11. The van der Waals surface area contributed by atoms with Crippen molar-refractivity contribution in [3.05, 3.63) is 59.5 Å². The summed E-state index contributed by atoms with van der Waals surface area (Å²) in [5, 5.41) is 0. The fraction of sp³-hybridized carbons (Fsp3) is 0.200. The first-order chi connectivity index (χ1) is 9.28. The number of pyridine rings is 1. The summed E-state index contributed by atoms with van der Waals surface area (Å²) in [6, 6.07) is 14.2. The van der Waals surface area contributed by atoms with Gasteiger partial charge >= 0.3 is 0 Å². The predicted octanol–water partition coefficient (Wildman–Crippen LogP) is 3.53. The van der Waals surface area contributed by atoms with Gasteiger partial charge in [0.2, 0.25) is 0 Å². The summed E-state index contributed by atoms with van der Waals surface area (Å²) in [5.41, 5.74) is 4.01. The summed E-state index contributed by atoms with van der Waals surface area (Å²) in [4.78, 5) is 9.12. The molecule has 0 radical (unpaired) electrons. The van der Waals surface area contributed by atoms with Crippen molar-refractivity contribution in [1.29, 1.82) is 0 Å². The van der Waals surface area contributed by atoms with Crippen LogP contribution in [0.5, 0.6) is 0 Å². The zero-order chi connectivity index (χ0) is 13.2. The van der Waals surface area contributed by atoms with E-state index < -0.39 is 0 Å². The van der Waals surface area contributed by atoms with Gasteiger partial charge in [0, 0.05) is 5.69 Å². The van der Waals surface area contributed by atoms with Gasteiger partial charge in [-0.2, -0.15) is 0 Å². The van der Waals surface area contributed by atoms with E-state index in [4.69, 9.17) is 11.6 Å². The van der Waals surface area contributed by atoms with Gasteiger partial charge in [-0.25, -0.2) is 9.97 Å². The standard InChI is InChI=1S/C15H14ClN3/c1-11-7-8-13-15(17-11)19(14(9-16)18-13)10-12-5-3-2-4-6-12/h2-8H,9-10H2,1H3. The van der Waals surface area contributed by atoms with Gasteiger partial charge in [0.15, 0.2) is 5.65 Å². The van der Waals surface area contributed by atoms with Crippen LogP contribution in [0.15, 0.2) is 42.5 Å². The largest absolute Gasteiger partial charge is 0.307 e. The number of alkyl halides is 1. The molecule has 0 unspecified atom stereocenters. The number of fused-ring (bicyclic) bond motifs is 1. The van der Waals surface area contributed by atoms with Gasteiger partial charge in [-0.1, -0.05) is 30.3 Å². The Hall–Kier alpha value is -1.87. The van der Waals surface area contributed by atoms with E-state index in [1.54, 1.807) is 0 Å². The summed E-state index contributed by atoms with van der Waals surface area (Å²) in [6.45, 7) is 2.73. The minimum atomic E-state index is 0.391. The highest BCUT2D eigenvalue weighted by atomic mass is 35.5. The molecule has 2 heterocycles. The molecule has 3 rings (SSSR count). The Morgan fingerprint density at radius 1 is 1.05 bits per heavy atom. The summed E-state index contributed by atoms with van der Waals surface area (Å²) in [6.07, 6.45) is 0. The van der Waals surface area contributed by atoms with Gasteiger partial charge < -0.3 is 4.57 Å². The Morgan fingerprint density at radius 3 is 2.58 bits per heavy atom. The summed E-state index contributed by atoms with van der Waals surface area (Å²) in [7, 11) is 0. The van der Waals surface area contributed by atoms with Crippen molar-refractivity contribution in [3.8, 4) is 0 Å². The van der Waals surface area contributed by atoms with Crippen LogP contribution in [-0.2, 0) is 12.4 Å². The zero-order valence-electron chi connectivity index (χ0n) is 10.7. The lowest BCUT2D eigenvalue weighted by atomic mass is 10.2. The molecule has 0 aliphatic heterocycles. The molecule has 0 amide bonds. The van der Waals surface area contributed by atoms with Crippen LogP contribution >= 0.6 is 11.6 Å². The second-order valence-electron chi connectivity index (χ2n) is 4.53. The highest BCUT2D eigenvalue weighted by Crippen LogP contribution is 2.18. The first-order valence-electron chi connectivity index (χ1n) is 6.20. The topological polar surface area (TPSA) is 30.7 Å². The van der Waals surface area contributed by atoms with E-state index >= 15 is 0 Å². The van der Waals surface area contributed by atoms with Crippen molar-refractivity contribution in [3.63, 3.8) is 0 Å². The first kappa shape index (κ1) is 12.2. The van der Waals surface area contributed by atoms with Crippen LogP contribution in [-0.4, -0.2) is 14.5 Å². The zero-order valence-corrected chi connectivity index (χ0v) is 11.4. The maximum Gasteiger partial charge on any atom is 0.160 e. The SMILES string of the molecule is Cc1ccc2nc(CCl)n(Cc3ccccc3)c2n1. The van der Waals surface area contributed by atoms with E-state index in [1.165, 1.54) is 5.56 Å². The number of hydrogen-bond donors (Lipinski definition) is 0. The number of hydrogen-bond acceptors (Lipinski definition) is 2. The lowest BCUT2D eigenvalue weighted by molar-refractivity contribution is 0.769. The third-order valence-corrected chi connectivity index (χ3v) is 3.35. The highest BCUT2D eigenvalue weighted by Gasteiger charge is 2.11. The summed E-state index contributed by atoms with van der Waals surface area (Å²) < 4.78 is 2.09. The average Bonchev–Trinajstić information content (AvgIpc) is 2.78. The Balaban J connectivity index is 2.12. The fourth-order valence-corrected chi connectivity index (χ4v) is 2.38. The van der Waals surface area contributed by atoms with Crippen LogP contribution < -0.4 is 0 Å². The van der Waals surface area contributed by atoms with Gasteiger partial charge in [-0.15, -0.1) is 11.6 Å². The number of halogens is 1.